The minimum atomic E-state index is -3.92. The molecule has 0 saturated heterocycles. The molecule has 0 heterocycles. The lowest BCUT2D eigenvalue weighted by Gasteiger charge is -2.14. The zero-order valence-corrected chi connectivity index (χ0v) is 23.1. The van der Waals surface area contributed by atoms with E-state index >= 15 is 0 Å². The molecule has 0 atom stereocenters. The Bertz CT molecular complexity index is 1720. The van der Waals surface area contributed by atoms with E-state index in [0.717, 1.165) is 5.56 Å². The predicted molar refractivity (Wildman–Crippen MR) is 151 cm³/mol. The molecule has 11 heteroatoms. The number of ether oxygens (including phenoxy) is 1. The van der Waals surface area contributed by atoms with E-state index in [2.05, 4.69) is 14.8 Å². The highest BCUT2D eigenvalue weighted by molar-refractivity contribution is 7.93. The summed E-state index contributed by atoms with van der Waals surface area (Å²) in [6, 6.07) is 23.4. The second-order valence-corrected chi connectivity index (χ2v) is 12.1. The van der Waals surface area contributed by atoms with Crippen LogP contribution in [0.25, 0.3) is 0 Å². The highest BCUT2D eigenvalue weighted by atomic mass is 32.2. The molecule has 0 fully saturated rings. The number of methoxy groups -OCH3 is 1. The van der Waals surface area contributed by atoms with E-state index in [-0.39, 0.29) is 21.0 Å². The van der Waals surface area contributed by atoms with Crippen LogP contribution in [0.15, 0.2) is 101 Å². The van der Waals surface area contributed by atoms with Gasteiger partial charge in [0.2, 0.25) is 0 Å². The van der Waals surface area contributed by atoms with Gasteiger partial charge in [-0.25, -0.2) is 16.8 Å². The van der Waals surface area contributed by atoms with Gasteiger partial charge >= 0.3 is 0 Å². The molecule has 1 amide bonds. The van der Waals surface area contributed by atoms with Gasteiger partial charge in [-0.2, -0.15) is 0 Å². The zero-order valence-electron chi connectivity index (χ0n) is 21.4. The van der Waals surface area contributed by atoms with Gasteiger partial charge in [-0.05, 0) is 85.6 Å². The Labute approximate surface area is 228 Å². The average Bonchev–Trinajstić information content (AvgIpc) is 2.90. The summed E-state index contributed by atoms with van der Waals surface area (Å²) < 4.78 is 61.6. The van der Waals surface area contributed by atoms with Crippen LogP contribution >= 0.6 is 0 Å². The fourth-order valence-corrected chi connectivity index (χ4v) is 5.91. The second kappa shape index (κ2) is 11.2. The monoisotopic (exact) mass is 565 g/mol. The molecule has 0 aromatic heterocycles. The van der Waals surface area contributed by atoms with Gasteiger partial charge in [0.05, 0.1) is 28.3 Å². The summed E-state index contributed by atoms with van der Waals surface area (Å²) in [6.45, 7) is 3.56. The molecule has 0 radical (unpaired) electrons. The van der Waals surface area contributed by atoms with Gasteiger partial charge in [-0.15, -0.1) is 0 Å². The lowest BCUT2D eigenvalue weighted by atomic mass is 10.1. The molecular weight excluding hydrogens is 538 g/mol. The van der Waals surface area contributed by atoms with Crippen molar-refractivity contribution in [2.75, 3.05) is 21.9 Å². The molecule has 0 bridgehead atoms. The molecule has 4 aromatic rings. The van der Waals surface area contributed by atoms with E-state index in [0.29, 0.717) is 22.7 Å². The molecule has 0 saturated carbocycles. The topological polar surface area (TPSA) is 131 Å². The molecule has 4 aromatic carbocycles. The van der Waals surface area contributed by atoms with E-state index in [1.807, 2.05) is 13.0 Å². The van der Waals surface area contributed by atoms with Crippen LogP contribution in [-0.2, 0) is 20.0 Å². The van der Waals surface area contributed by atoms with Crippen molar-refractivity contribution in [2.24, 2.45) is 0 Å². The largest absolute Gasteiger partial charge is 0.495 e. The highest BCUT2D eigenvalue weighted by Crippen LogP contribution is 2.28. The van der Waals surface area contributed by atoms with Crippen molar-refractivity contribution >= 4 is 43.0 Å². The smallest absolute Gasteiger partial charge is 0.262 e. The van der Waals surface area contributed by atoms with Gasteiger partial charge in [0.15, 0.2) is 0 Å². The van der Waals surface area contributed by atoms with Crippen LogP contribution < -0.4 is 19.5 Å². The first kappa shape index (κ1) is 27.7. The van der Waals surface area contributed by atoms with Crippen molar-refractivity contribution in [3.05, 3.63) is 108 Å². The molecule has 0 aliphatic carbocycles. The summed E-state index contributed by atoms with van der Waals surface area (Å²) in [4.78, 5) is 13.0. The average molecular weight is 566 g/mol. The number of benzene rings is 4. The minimum absolute atomic E-state index is 0.00278. The van der Waals surface area contributed by atoms with E-state index < -0.39 is 26.0 Å². The third-order valence-electron chi connectivity index (χ3n) is 5.82. The number of carbonyl (C=O) groups is 1. The normalized spacial score (nSPS) is 11.5. The van der Waals surface area contributed by atoms with Crippen LogP contribution in [0.4, 0.5) is 17.1 Å². The molecule has 0 spiro atoms. The van der Waals surface area contributed by atoms with Gasteiger partial charge in [0.1, 0.15) is 5.75 Å². The quantitative estimate of drug-likeness (QED) is 0.257. The third kappa shape index (κ3) is 6.57. The third-order valence-corrected chi connectivity index (χ3v) is 8.58. The number of nitrogens with one attached hydrogen (secondary N) is 3. The summed E-state index contributed by atoms with van der Waals surface area (Å²) in [5, 5.41) is 2.70. The molecule has 3 N–H and O–H groups in total. The summed E-state index contributed by atoms with van der Waals surface area (Å²) in [5.74, 6) is -0.107. The number of carbonyl (C=O) groups excluding carboxylic acids is 1. The first-order valence-electron chi connectivity index (χ1n) is 11.8. The molecule has 202 valence electrons. The number of anilines is 3. The summed E-state index contributed by atoms with van der Waals surface area (Å²) >= 11 is 0. The van der Waals surface area contributed by atoms with Crippen molar-refractivity contribution in [1.29, 1.82) is 0 Å². The Morgan fingerprint density at radius 1 is 0.692 bits per heavy atom. The van der Waals surface area contributed by atoms with Crippen LogP contribution in [0.1, 0.15) is 21.5 Å². The zero-order chi connectivity index (χ0) is 28.2. The van der Waals surface area contributed by atoms with E-state index in [4.69, 9.17) is 4.74 Å². The van der Waals surface area contributed by atoms with Gasteiger partial charge in [0.25, 0.3) is 26.0 Å². The maximum atomic E-state index is 12.9. The maximum Gasteiger partial charge on any atom is 0.262 e. The first-order chi connectivity index (χ1) is 18.5. The Balaban J connectivity index is 1.49. The Morgan fingerprint density at radius 3 is 1.95 bits per heavy atom. The van der Waals surface area contributed by atoms with Crippen molar-refractivity contribution < 1.29 is 26.4 Å². The second-order valence-electron chi connectivity index (χ2n) is 8.74. The number of aryl methyl sites for hydroxylation is 2. The van der Waals surface area contributed by atoms with Crippen LogP contribution in [0.2, 0.25) is 0 Å². The first-order valence-corrected chi connectivity index (χ1v) is 14.7. The minimum Gasteiger partial charge on any atom is -0.495 e. The molecule has 0 aliphatic heterocycles. The van der Waals surface area contributed by atoms with E-state index in [1.54, 1.807) is 49.4 Å². The maximum absolute atomic E-state index is 12.9. The fourth-order valence-electron chi connectivity index (χ4n) is 3.70. The SMILES string of the molecule is COc1ccc(C)cc1NS(=O)(=O)c1ccc(NC(=O)c2ccc(C)c(NS(=O)(=O)c3ccccc3)c2)cc1. The van der Waals surface area contributed by atoms with Crippen molar-refractivity contribution in [2.45, 2.75) is 23.6 Å². The van der Waals surface area contributed by atoms with Crippen molar-refractivity contribution in [1.82, 2.24) is 0 Å². The lowest BCUT2D eigenvalue weighted by Crippen LogP contribution is -2.16. The Hall–Kier alpha value is -4.35. The molecular formula is C28H27N3O6S2. The number of rotatable bonds is 9. The number of hydrogen-bond donors (Lipinski definition) is 3. The standard InChI is InChI=1S/C28H27N3O6S2/c1-19-9-16-27(37-3)26(17-19)31-39(35,36)24-14-12-22(13-15-24)29-28(32)21-11-10-20(2)25(18-21)30-38(33,34)23-7-5-4-6-8-23/h4-18,30-31H,1-3H3,(H,29,32). The van der Waals surface area contributed by atoms with E-state index in [1.165, 1.54) is 49.6 Å². The molecule has 9 nitrogen and oxygen atoms in total. The van der Waals surface area contributed by atoms with Gasteiger partial charge in [0, 0.05) is 11.3 Å². The number of amides is 1. The summed E-state index contributed by atoms with van der Waals surface area (Å²) in [6.07, 6.45) is 0. The lowest BCUT2D eigenvalue weighted by molar-refractivity contribution is 0.102. The Kier molecular flexibility index (Phi) is 7.93. The molecule has 0 aliphatic rings. The van der Waals surface area contributed by atoms with Crippen LogP contribution in [-0.4, -0.2) is 29.9 Å². The Morgan fingerprint density at radius 2 is 1.31 bits per heavy atom. The summed E-state index contributed by atoms with van der Waals surface area (Å²) in [7, 11) is -6.30. The van der Waals surface area contributed by atoms with Gasteiger partial charge in [-0.1, -0.05) is 30.3 Å². The molecule has 0 unspecified atom stereocenters. The number of hydrogen-bond acceptors (Lipinski definition) is 6. The van der Waals surface area contributed by atoms with Crippen LogP contribution in [0, 0.1) is 13.8 Å². The summed E-state index contributed by atoms with van der Waals surface area (Å²) in [5.41, 5.74) is 2.66. The van der Waals surface area contributed by atoms with Gasteiger partial charge < -0.3 is 10.1 Å². The van der Waals surface area contributed by atoms with Crippen LogP contribution in [0.5, 0.6) is 5.75 Å². The van der Waals surface area contributed by atoms with E-state index in [9.17, 15) is 21.6 Å². The molecule has 39 heavy (non-hydrogen) atoms. The van der Waals surface area contributed by atoms with Crippen LogP contribution in [0.3, 0.4) is 0 Å². The van der Waals surface area contributed by atoms with Gasteiger partial charge in [-0.3, -0.25) is 14.2 Å². The highest BCUT2D eigenvalue weighted by Gasteiger charge is 2.19. The predicted octanol–water partition coefficient (Wildman–Crippen LogP) is 5.17. The fraction of sp³-hybridized carbons (Fsp3) is 0.107. The van der Waals surface area contributed by atoms with Crippen molar-refractivity contribution in [3.8, 4) is 5.75 Å². The molecule has 4 rings (SSSR count). The van der Waals surface area contributed by atoms with Crippen molar-refractivity contribution in [3.63, 3.8) is 0 Å². The number of sulfonamides is 2.